The Hall–Kier alpha value is -1.59. The molecule has 0 aromatic heterocycles. The number of rotatable bonds is 7. The lowest BCUT2D eigenvalue weighted by Crippen LogP contribution is -2.24. The van der Waals surface area contributed by atoms with Crippen molar-refractivity contribution in [2.24, 2.45) is 0 Å². The van der Waals surface area contributed by atoms with Gasteiger partial charge in [-0.1, -0.05) is 0 Å². The van der Waals surface area contributed by atoms with Gasteiger partial charge in [-0.15, -0.1) is 0 Å². The van der Waals surface area contributed by atoms with E-state index in [1.165, 1.54) is 20.8 Å². The van der Waals surface area contributed by atoms with E-state index in [4.69, 9.17) is 14.2 Å². The molecule has 0 rings (SSSR count). The van der Waals surface area contributed by atoms with Crippen molar-refractivity contribution in [3.05, 3.63) is 0 Å². The zero-order valence-corrected chi connectivity index (χ0v) is 10.4. The smallest absolute Gasteiger partial charge is 0.303 e. The van der Waals surface area contributed by atoms with Crippen LogP contribution in [0.4, 0.5) is 0 Å². The molecule has 0 N–H and O–H groups in total. The Morgan fingerprint density at radius 3 is 2.00 bits per heavy atom. The van der Waals surface area contributed by atoms with Gasteiger partial charge >= 0.3 is 17.9 Å². The molecule has 0 amide bonds. The molecule has 0 aromatic rings. The lowest BCUT2D eigenvalue weighted by molar-refractivity contribution is -0.157. The number of hydrogen-bond acceptors (Lipinski definition) is 6. The summed E-state index contributed by atoms with van der Waals surface area (Å²) in [7, 11) is 0. The molecule has 6 nitrogen and oxygen atoms in total. The normalized spacial score (nSPS) is 11.5. The summed E-state index contributed by atoms with van der Waals surface area (Å²) in [6, 6.07) is 0. The van der Waals surface area contributed by atoms with Gasteiger partial charge in [0.1, 0.15) is 12.7 Å². The van der Waals surface area contributed by atoms with Gasteiger partial charge in [0.2, 0.25) is 0 Å². The molecule has 0 heterocycles. The third kappa shape index (κ3) is 10.7. The van der Waals surface area contributed by atoms with E-state index in [1.54, 1.807) is 0 Å². The Labute approximate surface area is 100 Å². The maximum atomic E-state index is 10.8. The van der Waals surface area contributed by atoms with E-state index in [0.717, 1.165) is 0 Å². The second kappa shape index (κ2) is 8.55. The van der Waals surface area contributed by atoms with Gasteiger partial charge < -0.3 is 14.2 Å². The quantitative estimate of drug-likeness (QED) is 0.376. The SMILES string of the molecule is CC(=O)OCCC[C@H](COC(C)=O)OC(C)=O. The van der Waals surface area contributed by atoms with Crippen LogP contribution >= 0.6 is 0 Å². The molecule has 0 saturated heterocycles. The summed E-state index contributed by atoms with van der Waals surface area (Å²) in [5.41, 5.74) is 0. The van der Waals surface area contributed by atoms with E-state index in [1.807, 2.05) is 0 Å². The van der Waals surface area contributed by atoms with Gasteiger partial charge in [-0.3, -0.25) is 14.4 Å². The van der Waals surface area contributed by atoms with Crippen molar-refractivity contribution in [1.82, 2.24) is 0 Å². The number of ether oxygens (including phenoxy) is 3. The highest BCUT2D eigenvalue weighted by Gasteiger charge is 2.13. The van der Waals surface area contributed by atoms with Crippen molar-refractivity contribution in [3.63, 3.8) is 0 Å². The lowest BCUT2D eigenvalue weighted by atomic mass is 10.2. The maximum Gasteiger partial charge on any atom is 0.303 e. The topological polar surface area (TPSA) is 78.9 Å². The Balaban J connectivity index is 3.88. The first kappa shape index (κ1) is 15.4. The van der Waals surface area contributed by atoms with Crippen LogP contribution in [0.3, 0.4) is 0 Å². The molecule has 1 atom stereocenters. The van der Waals surface area contributed by atoms with Crippen LogP contribution in [-0.2, 0) is 28.6 Å². The largest absolute Gasteiger partial charge is 0.466 e. The number of esters is 3. The molecular weight excluding hydrogens is 228 g/mol. The summed E-state index contributed by atoms with van der Waals surface area (Å²) in [5.74, 6) is -1.22. The fourth-order valence-corrected chi connectivity index (χ4v) is 1.15. The predicted octanol–water partition coefficient (Wildman–Crippen LogP) is 0.825. The molecule has 0 bridgehead atoms. The third-order valence-electron chi connectivity index (χ3n) is 1.78. The molecule has 6 heteroatoms. The summed E-state index contributed by atoms with van der Waals surface area (Å²) in [6.45, 7) is 4.17. The minimum absolute atomic E-state index is 0.0228. The van der Waals surface area contributed by atoms with Crippen LogP contribution in [0.25, 0.3) is 0 Å². The molecule has 17 heavy (non-hydrogen) atoms. The summed E-state index contributed by atoms with van der Waals surface area (Å²) >= 11 is 0. The van der Waals surface area contributed by atoms with Crippen LogP contribution in [0.15, 0.2) is 0 Å². The number of carbonyl (C=O) groups is 3. The van der Waals surface area contributed by atoms with Crippen molar-refractivity contribution in [2.45, 2.75) is 39.7 Å². The van der Waals surface area contributed by atoms with Gasteiger partial charge in [0.15, 0.2) is 0 Å². The van der Waals surface area contributed by atoms with Gasteiger partial charge in [0, 0.05) is 20.8 Å². The van der Waals surface area contributed by atoms with E-state index < -0.39 is 18.0 Å². The fourth-order valence-electron chi connectivity index (χ4n) is 1.15. The molecule has 0 saturated carbocycles. The van der Waals surface area contributed by atoms with Crippen molar-refractivity contribution < 1.29 is 28.6 Å². The highest BCUT2D eigenvalue weighted by molar-refractivity contribution is 5.67. The molecule has 0 aliphatic heterocycles. The van der Waals surface area contributed by atoms with E-state index in [0.29, 0.717) is 12.8 Å². The first-order chi connectivity index (χ1) is 7.91. The van der Waals surface area contributed by atoms with Crippen LogP contribution in [0.1, 0.15) is 33.6 Å². The summed E-state index contributed by atoms with van der Waals surface area (Å²) in [6.07, 6.45) is 0.519. The van der Waals surface area contributed by atoms with E-state index in [9.17, 15) is 14.4 Å². The molecule has 0 spiro atoms. The van der Waals surface area contributed by atoms with E-state index in [2.05, 4.69) is 0 Å². The standard InChI is InChI=1S/C11H18O6/c1-8(12)15-6-4-5-11(17-10(3)14)7-16-9(2)13/h11H,4-7H2,1-3H3/t11-/m1/s1. The molecular formula is C11H18O6. The van der Waals surface area contributed by atoms with Gasteiger partial charge in [0.05, 0.1) is 6.61 Å². The molecule has 0 unspecified atom stereocenters. The van der Waals surface area contributed by atoms with Crippen LogP contribution in [0.2, 0.25) is 0 Å². The van der Waals surface area contributed by atoms with E-state index >= 15 is 0 Å². The van der Waals surface area contributed by atoms with Crippen LogP contribution in [0.5, 0.6) is 0 Å². The Morgan fingerprint density at radius 1 is 0.941 bits per heavy atom. The molecule has 0 fully saturated rings. The first-order valence-corrected chi connectivity index (χ1v) is 5.35. The second-order valence-electron chi connectivity index (χ2n) is 3.52. The highest BCUT2D eigenvalue weighted by atomic mass is 16.6. The molecule has 0 aromatic carbocycles. The van der Waals surface area contributed by atoms with Crippen molar-refractivity contribution in [2.75, 3.05) is 13.2 Å². The molecule has 0 aliphatic rings. The fraction of sp³-hybridized carbons (Fsp3) is 0.727. The van der Waals surface area contributed by atoms with Gasteiger partial charge in [-0.2, -0.15) is 0 Å². The predicted molar refractivity (Wildman–Crippen MR) is 58.1 cm³/mol. The van der Waals surface area contributed by atoms with Crippen LogP contribution in [0, 0.1) is 0 Å². The summed E-state index contributed by atoms with van der Waals surface area (Å²) < 4.78 is 14.4. The average Bonchev–Trinajstić information content (AvgIpc) is 2.19. The van der Waals surface area contributed by atoms with Gasteiger partial charge in [-0.05, 0) is 12.8 Å². The minimum atomic E-state index is -0.494. The Morgan fingerprint density at radius 2 is 1.53 bits per heavy atom. The zero-order valence-electron chi connectivity index (χ0n) is 10.4. The molecule has 0 aliphatic carbocycles. The Kier molecular flexibility index (Phi) is 7.75. The van der Waals surface area contributed by atoms with Crippen LogP contribution < -0.4 is 0 Å². The summed E-state index contributed by atoms with van der Waals surface area (Å²) in [5, 5.41) is 0. The second-order valence-corrected chi connectivity index (χ2v) is 3.52. The van der Waals surface area contributed by atoms with Crippen molar-refractivity contribution in [1.29, 1.82) is 0 Å². The number of hydrogen-bond donors (Lipinski definition) is 0. The lowest BCUT2D eigenvalue weighted by Gasteiger charge is -2.16. The highest BCUT2D eigenvalue weighted by Crippen LogP contribution is 2.04. The van der Waals surface area contributed by atoms with Crippen LogP contribution in [-0.4, -0.2) is 37.2 Å². The minimum Gasteiger partial charge on any atom is -0.466 e. The zero-order chi connectivity index (χ0) is 13.3. The summed E-state index contributed by atoms with van der Waals surface area (Å²) in [4.78, 5) is 31.9. The monoisotopic (exact) mass is 246 g/mol. The average molecular weight is 246 g/mol. The van der Waals surface area contributed by atoms with Gasteiger partial charge in [0.25, 0.3) is 0 Å². The Bertz CT molecular complexity index is 273. The molecule has 0 radical (unpaired) electrons. The van der Waals surface area contributed by atoms with Crippen molar-refractivity contribution in [3.8, 4) is 0 Å². The van der Waals surface area contributed by atoms with Crippen molar-refractivity contribution >= 4 is 17.9 Å². The van der Waals surface area contributed by atoms with E-state index in [-0.39, 0.29) is 19.2 Å². The maximum absolute atomic E-state index is 10.8. The number of carbonyl (C=O) groups excluding carboxylic acids is 3. The molecule has 98 valence electrons. The third-order valence-corrected chi connectivity index (χ3v) is 1.78. The van der Waals surface area contributed by atoms with Gasteiger partial charge in [-0.25, -0.2) is 0 Å². The first-order valence-electron chi connectivity index (χ1n) is 5.35.